The van der Waals surface area contributed by atoms with Crippen LogP contribution in [0.4, 0.5) is 0 Å². The second-order valence-corrected chi connectivity index (χ2v) is 8.53. The summed E-state index contributed by atoms with van der Waals surface area (Å²) < 4.78 is 12.5. The summed E-state index contributed by atoms with van der Waals surface area (Å²) in [6, 6.07) is 7.70. The average Bonchev–Trinajstić information content (AvgIpc) is 3.10. The van der Waals surface area contributed by atoms with Crippen LogP contribution in [-0.4, -0.2) is 70.1 Å². The molecule has 0 aliphatic carbocycles. The number of methoxy groups -OCH3 is 1. The minimum absolute atomic E-state index is 0.0169. The lowest BCUT2D eigenvalue weighted by molar-refractivity contribution is -0.140. The number of carbonyl (C=O) groups excluding carboxylic acids is 1. The third-order valence-corrected chi connectivity index (χ3v) is 6.15. The second-order valence-electron chi connectivity index (χ2n) is 7.58. The highest BCUT2D eigenvalue weighted by Crippen LogP contribution is 2.25. The van der Waals surface area contributed by atoms with Crippen molar-refractivity contribution >= 4 is 39.6 Å². The number of fused-ring (bicyclic) bond motifs is 3. The highest BCUT2D eigenvalue weighted by atomic mass is 32.2. The first-order valence-electron chi connectivity index (χ1n) is 10.0. The number of ether oxygens (including phenoxy) is 2. The van der Waals surface area contributed by atoms with Crippen molar-refractivity contribution in [3.63, 3.8) is 0 Å². The van der Waals surface area contributed by atoms with Gasteiger partial charge >= 0.3 is 0 Å². The number of thioether (sulfide) groups is 1. The first kappa shape index (κ1) is 20.9. The number of benzene rings is 1. The van der Waals surface area contributed by atoms with Crippen molar-refractivity contribution in [1.29, 1.82) is 0 Å². The number of hydrogen-bond donors (Lipinski definition) is 1. The monoisotopic (exact) mass is 430 g/mol. The van der Waals surface area contributed by atoms with Crippen molar-refractivity contribution in [3.8, 4) is 0 Å². The molecule has 1 amide bonds. The van der Waals surface area contributed by atoms with Gasteiger partial charge in [0.2, 0.25) is 5.91 Å². The predicted octanol–water partition coefficient (Wildman–Crippen LogP) is 2.25. The number of nitrogens with one attached hydrogen (secondary N) is 1. The van der Waals surface area contributed by atoms with Crippen LogP contribution in [0.25, 0.3) is 21.9 Å². The fourth-order valence-electron chi connectivity index (χ4n) is 3.86. The molecule has 2 aromatic heterocycles. The van der Waals surface area contributed by atoms with E-state index in [1.54, 1.807) is 11.7 Å². The summed E-state index contributed by atoms with van der Waals surface area (Å²) in [5.41, 5.74) is 1.81. The maximum atomic E-state index is 13.2. The molecule has 3 heterocycles. The molecule has 2 atom stereocenters. The van der Waals surface area contributed by atoms with Gasteiger partial charge in [-0.05, 0) is 19.9 Å². The lowest BCUT2D eigenvalue weighted by Gasteiger charge is -2.35. The number of aromatic amines is 1. The molecule has 3 aromatic rings. The van der Waals surface area contributed by atoms with Crippen LogP contribution in [0.5, 0.6) is 0 Å². The smallest absolute Gasteiger partial charge is 0.278 e. The van der Waals surface area contributed by atoms with E-state index in [1.165, 1.54) is 11.8 Å². The molecular formula is C21H26N4O4S. The van der Waals surface area contributed by atoms with Crippen LogP contribution in [0.2, 0.25) is 0 Å². The zero-order valence-corrected chi connectivity index (χ0v) is 18.2. The van der Waals surface area contributed by atoms with Crippen molar-refractivity contribution in [1.82, 2.24) is 19.4 Å². The van der Waals surface area contributed by atoms with E-state index < -0.39 is 0 Å². The van der Waals surface area contributed by atoms with E-state index in [1.807, 2.05) is 43.0 Å². The SMILES string of the molecule is COCCn1c(SCC(=O)N2C[C@H](C)O[C@@H](C)C2)nc2c([nH]c3ccccc32)c1=O. The minimum atomic E-state index is -0.156. The van der Waals surface area contributed by atoms with Crippen LogP contribution in [0.1, 0.15) is 13.8 Å². The topological polar surface area (TPSA) is 89.4 Å². The van der Waals surface area contributed by atoms with Crippen molar-refractivity contribution in [2.75, 3.05) is 32.6 Å². The van der Waals surface area contributed by atoms with Gasteiger partial charge < -0.3 is 19.4 Å². The quantitative estimate of drug-likeness (QED) is 0.477. The molecular weight excluding hydrogens is 404 g/mol. The van der Waals surface area contributed by atoms with E-state index in [2.05, 4.69) is 4.98 Å². The van der Waals surface area contributed by atoms with Crippen LogP contribution in [0, 0.1) is 0 Å². The van der Waals surface area contributed by atoms with Gasteiger partial charge in [-0.2, -0.15) is 0 Å². The van der Waals surface area contributed by atoms with E-state index >= 15 is 0 Å². The summed E-state index contributed by atoms with van der Waals surface area (Å²) in [4.78, 5) is 35.7. The largest absolute Gasteiger partial charge is 0.383 e. The number of amides is 1. The van der Waals surface area contributed by atoms with Gasteiger partial charge in [0.1, 0.15) is 11.0 Å². The Morgan fingerprint density at radius 3 is 2.77 bits per heavy atom. The molecule has 0 unspecified atom stereocenters. The Morgan fingerprint density at radius 1 is 1.30 bits per heavy atom. The standard InChI is InChI=1S/C21H26N4O4S/c1-13-10-24(11-14(2)29-13)17(26)12-30-21-23-18-15-6-4-5-7-16(15)22-19(18)20(27)25(21)8-9-28-3/h4-7,13-14,22H,8-12H2,1-3H3/t13-,14-/m0/s1. The molecule has 0 bridgehead atoms. The number of hydrogen-bond acceptors (Lipinski definition) is 6. The molecule has 160 valence electrons. The first-order valence-corrected chi connectivity index (χ1v) is 11.0. The van der Waals surface area contributed by atoms with Crippen molar-refractivity contribution in [3.05, 3.63) is 34.6 Å². The molecule has 1 fully saturated rings. The number of H-pyrrole nitrogens is 1. The molecule has 1 aromatic carbocycles. The van der Waals surface area contributed by atoms with Crippen LogP contribution in [0.3, 0.4) is 0 Å². The first-order chi connectivity index (χ1) is 14.5. The van der Waals surface area contributed by atoms with Crippen LogP contribution in [0.15, 0.2) is 34.2 Å². The zero-order chi connectivity index (χ0) is 21.3. The molecule has 30 heavy (non-hydrogen) atoms. The predicted molar refractivity (Wildman–Crippen MR) is 117 cm³/mol. The summed E-state index contributed by atoms with van der Waals surface area (Å²) in [5, 5.41) is 1.42. The van der Waals surface area contributed by atoms with Crippen molar-refractivity contribution in [2.45, 2.75) is 37.8 Å². The molecule has 1 aliphatic heterocycles. The van der Waals surface area contributed by atoms with E-state index in [9.17, 15) is 9.59 Å². The molecule has 8 nitrogen and oxygen atoms in total. The molecule has 9 heteroatoms. The summed E-state index contributed by atoms with van der Waals surface area (Å²) in [5.74, 6) is 0.237. The fourth-order valence-corrected chi connectivity index (χ4v) is 4.79. The Morgan fingerprint density at radius 2 is 2.03 bits per heavy atom. The molecule has 1 N–H and O–H groups in total. The van der Waals surface area contributed by atoms with Gasteiger partial charge in [-0.1, -0.05) is 30.0 Å². The molecule has 0 saturated carbocycles. The zero-order valence-electron chi connectivity index (χ0n) is 17.4. The van der Waals surface area contributed by atoms with Crippen LogP contribution < -0.4 is 5.56 Å². The second kappa shape index (κ2) is 8.79. The summed E-state index contributed by atoms with van der Waals surface area (Å²) >= 11 is 1.29. The molecule has 0 spiro atoms. The Bertz CT molecular complexity index is 1120. The van der Waals surface area contributed by atoms with Gasteiger partial charge in [0.25, 0.3) is 5.56 Å². The molecule has 1 aliphatic rings. The van der Waals surface area contributed by atoms with E-state index in [4.69, 9.17) is 14.5 Å². The molecule has 0 radical (unpaired) electrons. The van der Waals surface area contributed by atoms with Crippen molar-refractivity contribution in [2.24, 2.45) is 0 Å². The number of carbonyl (C=O) groups is 1. The third-order valence-electron chi connectivity index (χ3n) is 5.19. The van der Waals surface area contributed by atoms with Crippen molar-refractivity contribution < 1.29 is 14.3 Å². The van der Waals surface area contributed by atoms with E-state index in [-0.39, 0.29) is 29.4 Å². The Balaban J connectivity index is 1.65. The number of nitrogens with zero attached hydrogens (tertiary/aromatic N) is 3. The molecule has 4 rings (SSSR count). The Labute approximate surface area is 178 Å². The van der Waals surface area contributed by atoms with Crippen LogP contribution in [-0.2, 0) is 20.8 Å². The van der Waals surface area contributed by atoms with Crippen LogP contribution >= 0.6 is 11.8 Å². The van der Waals surface area contributed by atoms with E-state index in [0.717, 1.165) is 10.9 Å². The number of para-hydroxylation sites is 1. The van der Waals surface area contributed by atoms with Gasteiger partial charge in [0, 0.05) is 31.1 Å². The van der Waals surface area contributed by atoms with Gasteiger partial charge in [-0.15, -0.1) is 0 Å². The third kappa shape index (κ3) is 4.10. The normalized spacial score (nSPS) is 19.6. The van der Waals surface area contributed by atoms with E-state index in [0.29, 0.717) is 42.4 Å². The highest BCUT2D eigenvalue weighted by molar-refractivity contribution is 7.99. The lowest BCUT2D eigenvalue weighted by Crippen LogP contribution is -2.48. The number of rotatable bonds is 6. The number of aromatic nitrogens is 3. The van der Waals surface area contributed by atoms with Gasteiger partial charge in [-0.3, -0.25) is 14.2 Å². The maximum Gasteiger partial charge on any atom is 0.278 e. The fraction of sp³-hybridized carbons (Fsp3) is 0.476. The Hall–Kier alpha value is -2.36. The lowest BCUT2D eigenvalue weighted by atomic mass is 10.2. The summed E-state index contributed by atoms with van der Waals surface area (Å²) in [6.45, 7) is 5.85. The number of morpholine rings is 1. The summed E-state index contributed by atoms with van der Waals surface area (Å²) in [7, 11) is 1.59. The van der Waals surface area contributed by atoms with Gasteiger partial charge in [-0.25, -0.2) is 4.98 Å². The van der Waals surface area contributed by atoms with Gasteiger partial charge in [0.05, 0.1) is 31.1 Å². The summed E-state index contributed by atoms with van der Waals surface area (Å²) in [6.07, 6.45) is 0.0338. The Kier molecular flexibility index (Phi) is 6.12. The van der Waals surface area contributed by atoms with Gasteiger partial charge in [0.15, 0.2) is 5.16 Å². The minimum Gasteiger partial charge on any atom is -0.383 e. The average molecular weight is 431 g/mol. The maximum absolute atomic E-state index is 13.2. The highest BCUT2D eigenvalue weighted by Gasteiger charge is 2.26. The molecule has 1 saturated heterocycles.